The number of rotatable bonds is 1. The van der Waals surface area contributed by atoms with Gasteiger partial charge in [-0.25, -0.2) is 0 Å². The molecule has 1 heterocycles. The number of benzene rings is 1. The molecule has 0 saturated carbocycles. The van der Waals surface area contributed by atoms with Crippen molar-refractivity contribution in [2.75, 3.05) is 6.61 Å². The van der Waals surface area contributed by atoms with Crippen molar-refractivity contribution in [3.63, 3.8) is 0 Å². The van der Waals surface area contributed by atoms with E-state index in [4.69, 9.17) is 4.74 Å². The number of Topliss-reactive ketones (excluding diaryl/α,β-unsaturated/α-hetero) is 1. The molecule has 1 aliphatic rings. The molecule has 74 valence electrons. The van der Waals surface area contributed by atoms with Crippen LogP contribution in [0.15, 0.2) is 24.3 Å². The first-order valence-electron chi connectivity index (χ1n) is 4.64. The van der Waals surface area contributed by atoms with Crippen molar-refractivity contribution in [2.45, 2.75) is 18.9 Å². The maximum atomic E-state index is 11.2. The molecule has 1 aromatic rings. The fraction of sp³-hybridized carbons (Fsp3) is 0.364. The van der Waals surface area contributed by atoms with E-state index in [0.717, 1.165) is 5.56 Å². The number of hydrogen-bond donors (Lipinski definition) is 0. The summed E-state index contributed by atoms with van der Waals surface area (Å²) < 4.78 is 6.75. The third kappa shape index (κ3) is 2.33. The molecule has 1 aliphatic heterocycles. The largest absolute Gasteiger partial charge is 0.373 e. The van der Waals surface area contributed by atoms with Crippen molar-refractivity contribution in [1.29, 1.82) is 0 Å². The lowest BCUT2D eigenvalue weighted by Gasteiger charge is -2.22. The van der Waals surface area contributed by atoms with Gasteiger partial charge in [-0.1, -0.05) is 12.1 Å². The first-order chi connectivity index (χ1) is 6.75. The van der Waals surface area contributed by atoms with Crippen molar-refractivity contribution in [2.24, 2.45) is 0 Å². The van der Waals surface area contributed by atoms with E-state index in [-0.39, 0.29) is 6.10 Å². The lowest BCUT2D eigenvalue weighted by molar-refractivity contribution is -0.128. The minimum absolute atomic E-state index is 0.0201. The molecule has 0 bridgehead atoms. The van der Waals surface area contributed by atoms with Crippen molar-refractivity contribution in [3.05, 3.63) is 33.4 Å². The molecule has 1 atom stereocenters. The fourth-order valence-electron chi connectivity index (χ4n) is 1.57. The van der Waals surface area contributed by atoms with Crippen LogP contribution in [0, 0.1) is 3.57 Å². The molecule has 2 nitrogen and oxygen atoms in total. The Balaban J connectivity index is 2.14. The number of carbonyl (C=O) groups excluding carboxylic acids is 1. The van der Waals surface area contributed by atoms with Gasteiger partial charge in [-0.05, 0) is 40.3 Å². The number of hydrogen-bond acceptors (Lipinski definition) is 2. The summed E-state index contributed by atoms with van der Waals surface area (Å²) in [5.41, 5.74) is 1.11. The van der Waals surface area contributed by atoms with Crippen molar-refractivity contribution in [3.8, 4) is 0 Å². The van der Waals surface area contributed by atoms with Crippen LogP contribution < -0.4 is 0 Å². The SMILES string of the molecule is O=C1CCOC(c2ccc(I)cc2)C1. The van der Waals surface area contributed by atoms with Crippen LogP contribution in [-0.2, 0) is 9.53 Å². The molecule has 3 heteroatoms. The molecule has 1 aromatic carbocycles. The van der Waals surface area contributed by atoms with E-state index in [9.17, 15) is 4.79 Å². The maximum Gasteiger partial charge on any atom is 0.138 e. The quantitative estimate of drug-likeness (QED) is 0.746. The van der Waals surface area contributed by atoms with E-state index < -0.39 is 0 Å². The average molecular weight is 302 g/mol. The van der Waals surface area contributed by atoms with E-state index in [2.05, 4.69) is 22.6 Å². The molecule has 1 fully saturated rings. The van der Waals surface area contributed by atoms with E-state index in [1.165, 1.54) is 3.57 Å². The summed E-state index contributed by atoms with van der Waals surface area (Å²) in [6, 6.07) is 8.15. The van der Waals surface area contributed by atoms with Crippen LogP contribution >= 0.6 is 22.6 Å². The molecule has 0 spiro atoms. The third-order valence-electron chi connectivity index (χ3n) is 2.35. The highest BCUT2D eigenvalue weighted by atomic mass is 127. The zero-order valence-electron chi connectivity index (χ0n) is 7.70. The molecule has 0 aromatic heterocycles. The monoisotopic (exact) mass is 302 g/mol. The van der Waals surface area contributed by atoms with Crippen LogP contribution in [0.5, 0.6) is 0 Å². The van der Waals surface area contributed by atoms with Crippen LogP contribution in [-0.4, -0.2) is 12.4 Å². The Morgan fingerprint density at radius 3 is 2.64 bits per heavy atom. The van der Waals surface area contributed by atoms with E-state index in [1.807, 2.05) is 24.3 Å². The minimum atomic E-state index is -0.0201. The molecule has 1 saturated heterocycles. The van der Waals surface area contributed by atoms with Gasteiger partial charge in [0.25, 0.3) is 0 Å². The number of ether oxygens (including phenoxy) is 1. The summed E-state index contributed by atoms with van der Waals surface area (Å²) in [5, 5.41) is 0. The lowest BCUT2D eigenvalue weighted by atomic mass is 10.0. The molecular formula is C11H11IO2. The average Bonchev–Trinajstić information content (AvgIpc) is 2.19. The summed E-state index contributed by atoms with van der Waals surface area (Å²) in [7, 11) is 0. The number of ketones is 1. The third-order valence-corrected chi connectivity index (χ3v) is 3.07. The molecule has 0 amide bonds. The van der Waals surface area contributed by atoms with E-state index in [0.29, 0.717) is 25.2 Å². The number of halogens is 1. The first kappa shape index (κ1) is 10.1. The predicted molar refractivity (Wildman–Crippen MR) is 62.1 cm³/mol. The van der Waals surface area contributed by atoms with Crippen molar-refractivity contribution < 1.29 is 9.53 Å². The fourth-order valence-corrected chi connectivity index (χ4v) is 1.93. The molecule has 0 aliphatic carbocycles. The summed E-state index contributed by atoms with van der Waals surface area (Å²) in [4.78, 5) is 11.2. The molecule has 14 heavy (non-hydrogen) atoms. The maximum absolute atomic E-state index is 11.2. The van der Waals surface area contributed by atoms with Gasteiger partial charge >= 0.3 is 0 Å². The highest BCUT2D eigenvalue weighted by Gasteiger charge is 2.21. The topological polar surface area (TPSA) is 26.3 Å². The second-order valence-corrected chi connectivity index (χ2v) is 4.65. The van der Waals surface area contributed by atoms with Gasteiger partial charge in [0.15, 0.2) is 0 Å². The molecule has 0 N–H and O–H groups in total. The van der Waals surface area contributed by atoms with Crippen LogP contribution in [0.3, 0.4) is 0 Å². The second-order valence-electron chi connectivity index (χ2n) is 3.40. The van der Waals surface area contributed by atoms with Gasteiger partial charge in [-0.3, -0.25) is 4.79 Å². The lowest BCUT2D eigenvalue weighted by Crippen LogP contribution is -2.19. The first-order valence-corrected chi connectivity index (χ1v) is 5.72. The Labute approximate surface area is 96.8 Å². The summed E-state index contributed by atoms with van der Waals surface area (Å²) in [6.07, 6.45) is 1.08. The van der Waals surface area contributed by atoms with Crippen LogP contribution in [0.25, 0.3) is 0 Å². The second kappa shape index (κ2) is 4.40. The van der Waals surface area contributed by atoms with E-state index in [1.54, 1.807) is 0 Å². The molecule has 1 unspecified atom stereocenters. The predicted octanol–water partition coefficient (Wildman–Crippen LogP) is 2.71. The molecule has 2 rings (SSSR count). The van der Waals surface area contributed by atoms with Gasteiger partial charge in [0, 0.05) is 16.4 Å². The zero-order valence-corrected chi connectivity index (χ0v) is 9.86. The summed E-state index contributed by atoms with van der Waals surface area (Å²) >= 11 is 2.26. The highest BCUT2D eigenvalue weighted by Crippen LogP contribution is 2.26. The Kier molecular flexibility index (Phi) is 3.18. The van der Waals surface area contributed by atoms with E-state index >= 15 is 0 Å². The van der Waals surface area contributed by atoms with Gasteiger partial charge in [-0.2, -0.15) is 0 Å². The standard InChI is InChI=1S/C11H11IO2/c12-9-3-1-8(2-4-9)11-7-10(13)5-6-14-11/h1-4,11H,5-7H2. The van der Waals surface area contributed by atoms with Gasteiger partial charge in [0.05, 0.1) is 12.7 Å². The Morgan fingerprint density at radius 1 is 1.29 bits per heavy atom. The Morgan fingerprint density at radius 2 is 2.00 bits per heavy atom. The highest BCUT2D eigenvalue weighted by molar-refractivity contribution is 14.1. The van der Waals surface area contributed by atoms with Gasteiger partial charge in [0.1, 0.15) is 5.78 Å². The van der Waals surface area contributed by atoms with Crippen molar-refractivity contribution in [1.82, 2.24) is 0 Å². The molecule has 0 radical (unpaired) electrons. The van der Waals surface area contributed by atoms with Gasteiger partial charge in [0.2, 0.25) is 0 Å². The normalized spacial score (nSPS) is 22.4. The summed E-state index contributed by atoms with van der Waals surface area (Å²) in [6.45, 7) is 0.565. The van der Waals surface area contributed by atoms with Gasteiger partial charge < -0.3 is 4.74 Å². The van der Waals surface area contributed by atoms with Gasteiger partial charge in [-0.15, -0.1) is 0 Å². The smallest absolute Gasteiger partial charge is 0.138 e. The Hall–Kier alpha value is -0.420. The zero-order chi connectivity index (χ0) is 9.97. The molecular weight excluding hydrogens is 291 g/mol. The van der Waals surface area contributed by atoms with Crippen LogP contribution in [0.4, 0.5) is 0 Å². The summed E-state index contributed by atoms with van der Waals surface area (Å²) in [5.74, 6) is 0.305. The van der Waals surface area contributed by atoms with Crippen molar-refractivity contribution >= 4 is 28.4 Å². The van der Waals surface area contributed by atoms with Crippen LogP contribution in [0.2, 0.25) is 0 Å². The Bertz CT molecular complexity index is 332. The minimum Gasteiger partial charge on any atom is -0.373 e. The number of carbonyl (C=O) groups is 1. The van der Waals surface area contributed by atoms with Crippen LogP contribution in [0.1, 0.15) is 24.5 Å².